The number of carboxylic acid groups (broad SMARTS) is 1. The van der Waals surface area contributed by atoms with E-state index >= 15 is 0 Å². The fourth-order valence-electron chi connectivity index (χ4n) is 2.94. The quantitative estimate of drug-likeness (QED) is 0.552. The molecule has 0 saturated heterocycles. The maximum atomic E-state index is 11.0. The minimum Gasteiger partial charge on any atom is -0.481 e. The van der Waals surface area contributed by atoms with E-state index in [9.17, 15) is 4.79 Å². The van der Waals surface area contributed by atoms with Crippen LogP contribution in [-0.4, -0.2) is 27.5 Å². The van der Waals surface area contributed by atoms with E-state index in [0.29, 0.717) is 19.6 Å². The van der Waals surface area contributed by atoms with Crippen molar-refractivity contribution in [1.82, 2.24) is 9.88 Å². The first-order valence-electron chi connectivity index (χ1n) is 9.35. The average molecular weight is 372 g/mol. The van der Waals surface area contributed by atoms with Crippen molar-refractivity contribution >= 4 is 18.1 Å². The van der Waals surface area contributed by atoms with Crippen molar-refractivity contribution in [3.63, 3.8) is 0 Å². The molecule has 0 saturated carbocycles. The molecule has 0 aliphatic rings. The predicted molar refractivity (Wildman–Crippen MR) is 112 cm³/mol. The molecule has 1 N–H and O–H groups in total. The summed E-state index contributed by atoms with van der Waals surface area (Å²) >= 11 is 0. The second-order valence-electron chi connectivity index (χ2n) is 6.66. The minimum absolute atomic E-state index is 0.116. The summed E-state index contributed by atoms with van der Waals surface area (Å²) in [6.07, 6.45) is 6.06. The molecule has 0 aliphatic heterocycles. The molecule has 1 aromatic heterocycles. The summed E-state index contributed by atoms with van der Waals surface area (Å²) in [4.78, 5) is 17.5. The number of rotatable bonds is 9. The van der Waals surface area contributed by atoms with Crippen LogP contribution in [0.3, 0.4) is 0 Å². The molecule has 0 bridgehead atoms. The van der Waals surface area contributed by atoms with Crippen molar-refractivity contribution in [2.24, 2.45) is 0 Å². The Hall–Kier alpha value is -3.24. The molecule has 0 spiro atoms. The Balaban J connectivity index is 1.64. The lowest BCUT2D eigenvalue weighted by Crippen LogP contribution is -2.26. The Morgan fingerprint density at radius 3 is 2.18 bits per heavy atom. The van der Waals surface area contributed by atoms with E-state index < -0.39 is 5.97 Å². The molecule has 2 aromatic carbocycles. The zero-order chi connectivity index (χ0) is 19.6. The summed E-state index contributed by atoms with van der Waals surface area (Å²) < 4.78 is 0. The predicted octanol–water partition coefficient (Wildman–Crippen LogP) is 4.73. The molecule has 0 radical (unpaired) electrons. The van der Waals surface area contributed by atoms with Crippen LogP contribution in [0.2, 0.25) is 0 Å². The van der Waals surface area contributed by atoms with E-state index in [1.54, 1.807) is 6.20 Å². The summed E-state index contributed by atoms with van der Waals surface area (Å²) in [5, 5.41) is 9.03. The van der Waals surface area contributed by atoms with Crippen molar-refractivity contribution in [2.75, 3.05) is 6.54 Å². The first kappa shape index (κ1) is 19.5. The highest BCUT2D eigenvalue weighted by Crippen LogP contribution is 2.13. The van der Waals surface area contributed by atoms with E-state index in [2.05, 4.69) is 58.4 Å². The van der Waals surface area contributed by atoms with Gasteiger partial charge >= 0.3 is 5.97 Å². The van der Waals surface area contributed by atoms with E-state index in [1.807, 2.05) is 36.4 Å². The number of hydrogen-bond acceptors (Lipinski definition) is 3. The van der Waals surface area contributed by atoms with E-state index in [0.717, 1.165) is 16.8 Å². The third kappa shape index (κ3) is 6.49. The summed E-state index contributed by atoms with van der Waals surface area (Å²) in [6, 6.07) is 24.4. The lowest BCUT2D eigenvalue weighted by atomic mass is 10.1. The molecule has 142 valence electrons. The normalized spacial score (nSPS) is 11.2. The smallest absolute Gasteiger partial charge is 0.304 e. The Kier molecular flexibility index (Phi) is 7.10. The number of carboxylic acids is 1. The van der Waals surface area contributed by atoms with Crippen LogP contribution < -0.4 is 0 Å². The fourth-order valence-corrected chi connectivity index (χ4v) is 2.94. The van der Waals surface area contributed by atoms with Crippen LogP contribution in [0.1, 0.15) is 28.8 Å². The molecule has 1 heterocycles. The Morgan fingerprint density at radius 1 is 0.857 bits per heavy atom. The van der Waals surface area contributed by atoms with Gasteiger partial charge in [-0.05, 0) is 28.8 Å². The molecule has 0 fully saturated rings. The first-order chi connectivity index (χ1) is 13.7. The number of nitrogens with zero attached hydrogens (tertiary/aromatic N) is 2. The number of aromatic nitrogens is 1. The molecule has 28 heavy (non-hydrogen) atoms. The third-order valence-corrected chi connectivity index (χ3v) is 4.41. The van der Waals surface area contributed by atoms with Gasteiger partial charge in [0.15, 0.2) is 0 Å². The summed E-state index contributed by atoms with van der Waals surface area (Å²) in [6.45, 7) is 1.80. The number of pyridine rings is 1. The Bertz CT molecular complexity index is 891. The standard InChI is InChI=1S/C24H24N2O2/c27-24(28)15-17-26(19-23-8-4-5-16-25-23)18-22-13-11-21(12-14-22)10-9-20-6-2-1-3-7-20/h1-14,16H,15,17-19H2,(H,27,28)/b10-9+. The molecule has 4 heteroatoms. The van der Waals surface area contributed by atoms with E-state index in [-0.39, 0.29) is 6.42 Å². The molecular formula is C24H24N2O2. The molecule has 0 atom stereocenters. The molecule has 0 unspecified atom stereocenters. The lowest BCUT2D eigenvalue weighted by molar-refractivity contribution is -0.137. The summed E-state index contributed by atoms with van der Waals surface area (Å²) in [5.41, 5.74) is 4.39. The zero-order valence-corrected chi connectivity index (χ0v) is 15.7. The zero-order valence-electron chi connectivity index (χ0n) is 15.7. The Labute approximate surface area is 165 Å². The third-order valence-electron chi connectivity index (χ3n) is 4.41. The minimum atomic E-state index is -0.785. The van der Waals surface area contributed by atoms with E-state index in [4.69, 9.17) is 5.11 Å². The van der Waals surface area contributed by atoms with Crippen LogP contribution in [0.4, 0.5) is 0 Å². The summed E-state index contributed by atoms with van der Waals surface area (Å²) in [7, 11) is 0. The van der Waals surface area contributed by atoms with Crippen molar-refractivity contribution < 1.29 is 9.90 Å². The first-order valence-corrected chi connectivity index (χ1v) is 9.35. The van der Waals surface area contributed by atoms with Crippen LogP contribution in [0.15, 0.2) is 79.0 Å². The van der Waals surface area contributed by atoms with Gasteiger partial charge in [-0.2, -0.15) is 0 Å². The van der Waals surface area contributed by atoms with Gasteiger partial charge in [0.05, 0.1) is 12.1 Å². The average Bonchev–Trinajstić information content (AvgIpc) is 2.73. The lowest BCUT2D eigenvalue weighted by Gasteiger charge is -2.21. The molecule has 0 amide bonds. The van der Waals surface area contributed by atoms with Crippen LogP contribution in [0.5, 0.6) is 0 Å². The van der Waals surface area contributed by atoms with Gasteiger partial charge < -0.3 is 5.11 Å². The molecule has 3 aromatic rings. The molecule has 4 nitrogen and oxygen atoms in total. The maximum Gasteiger partial charge on any atom is 0.304 e. The van der Waals surface area contributed by atoms with Gasteiger partial charge in [-0.25, -0.2) is 0 Å². The van der Waals surface area contributed by atoms with Crippen molar-refractivity contribution in [2.45, 2.75) is 19.5 Å². The highest BCUT2D eigenvalue weighted by molar-refractivity contribution is 5.69. The number of hydrogen-bond donors (Lipinski definition) is 1. The number of aliphatic carboxylic acids is 1. The summed E-state index contributed by atoms with van der Waals surface area (Å²) in [5.74, 6) is -0.785. The van der Waals surface area contributed by atoms with Gasteiger partial charge in [0.1, 0.15) is 0 Å². The van der Waals surface area contributed by atoms with Gasteiger partial charge in [0, 0.05) is 25.8 Å². The number of carbonyl (C=O) groups is 1. The largest absolute Gasteiger partial charge is 0.481 e. The monoisotopic (exact) mass is 372 g/mol. The molecule has 0 aliphatic carbocycles. The second kappa shape index (κ2) is 10.2. The Morgan fingerprint density at radius 2 is 1.54 bits per heavy atom. The topological polar surface area (TPSA) is 53.4 Å². The van der Waals surface area contributed by atoms with Gasteiger partial charge in [0.25, 0.3) is 0 Å². The van der Waals surface area contributed by atoms with Crippen LogP contribution >= 0.6 is 0 Å². The number of benzene rings is 2. The van der Waals surface area contributed by atoms with Gasteiger partial charge in [0.2, 0.25) is 0 Å². The van der Waals surface area contributed by atoms with Gasteiger partial charge in [-0.1, -0.05) is 72.8 Å². The SMILES string of the molecule is O=C(O)CCN(Cc1ccc(/C=C/c2ccccc2)cc1)Cc1ccccn1. The van der Waals surface area contributed by atoms with Crippen LogP contribution in [0.25, 0.3) is 12.2 Å². The maximum absolute atomic E-state index is 11.0. The van der Waals surface area contributed by atoms with Crippen molar-refractivity contribution in [1.29, 1.82) is 0 Å². The van der Waals surface area contributed by atoms with Crippen LogP contribution in [-0.2, 0) is 17.9 Å². The van der Waals surface area contributed by atoms with Gasteiger partial charge in [-0.15, -0.1) is 0 Å². The van der Waals surface area contributed by atoms with E-state index in [1.165, 1.54) is 5.56 Å². The van der Waals surface area contributed by atoms with Gasteiger partial charge in [-0.3, -0.25) is 14.7 Å². The fraction of sp³-hybridized carbons (Fsp3) is 0.167. The highest BCUT2D eigenvalue weighted by atomic mass is 16.4. The molecular weight excluding hydrogens is 348 g/mol. The molecule has 3 rings (SSSR count). The second-order valence-corrected chi connectivity index (χ2v) is 6.66. The van der Waals surface area contributed by atoms with Crippen molar-refractivity contribution in [3.8, 4) is 0 Å². The van der Waals surface area contributed by atoms with Crippen LogP contribution in [0, 0.1) is 0 Å². The highest BCUT2D eigenvalue weighted by Gasteiger charge is 2.10. The van der Waals surface area contributed by atoms with Crippen molar-refractivity contribution in [3.05, 3.63) is 101 Å².